The summed E-state index contributed by atoms with van der Waals surface area (Å²) < 4.78 is 7.95. The molecule has 0 amide bonds. The second-order valence-corrected chi connectivity index (χ2v) is 7.27. The number of aromatic nitrogens is 1. The molecule has 0 bridgehead atoms. The summed E-state index contributed by atoms with van der Waals surface area (Å²) in [6, 6.07) is 14.0. The van der Waals surface area contributed by atoms with E-state index < -0.39 is 0 Å². The van der Waals surface area contributed by atoms with E-state index >= 15 is 0 Å². The van der Waals surface area contributed by atoms with Gasteiger partial charge in [0, 0.05) is 4.90 Å². The predicted molar refractivity (Wildman–Crippen MR) is 90.4 cm³/mol. The maximum absolute atomic E-state index is 5.95. The minimum atomic E-state index is 0.106. The molecule has 3 nitrogen and oxygen atoms in total. The van der Waals surface area contributed by atoms with Gasteiger partial charge < -0.3 is 10.5 Å². The van der Waals surface area contributed by atoms with Crippen LogP contribution in [0.3, 0.4) is 0 Å². The maximum Gasteiger partial charge on any atom is 0.155 e. The Bertz CT molecular complexity index is 735. The number of para-hydroxylation sites is 1. The molecule has 0 spiro atoms. The number of anilines is 1. The minimum Gasteiger partial charge on any atom is -0.489 e. The van der Waals surface area contributed by atoms with Gasteiger partial charge in [-0.25, -0.2) is 4.98 Å². The van der Waals surface area contributed by atoms with E-state index in [-0.39, 0.29) is 6.10 Å². The molecule has 0 unspecified atom stereocenters. The highest BCUT2D eigenvalue weighted by molar-refractivity contribution is 8.01. The van der Waals surface area contributed by atoms with Crippen molar-refractivity contribution in [1.29, 1.82) is 0 Å². The number of hydrogen-bond acceptors (Lipinski definition) is 5. The van der Waals surface area contributed by atoms with E-state index in [0.717, 1.165) is 20.5 Å². The van der Waals surface area contributed by atoms with E-state index in [1.165, 1.54) is 4.70 Å². The summed E-state index contributed by atoms with van der Waals surface area (Å²) in [5.74, 6) is 0.733. The van der Waals surface area contributed by atoms with Crippen molar-refractivity contribution in [3.63, 3.8) is 0 Å². The number of benzene rings is 2. The quantitative estimate of drug-likeness (QED) is 0.701. The van der Waals surface area contributed by atoms with Crippen molar-refractivity contribution in [2.75, 3.05) is 5.73 Å². The Morgan fingerprint density at radius 2 is 2.00 bits per heavy atom. The topological polar surface area (TPSA) is 48.1 Å². The van der Waals surface area contributed by atoms with Crippen LogP contribution in [-0.4, -0.2) is 11.1 Å². The lowest BCUT2D eigenvalue weighted by Crippen LogP contribution is -2.07. The first-order valence-electron chi connectivity index (χ1n) is 6.71. The number of hydrogen-bond donors (Lipinski definition) is 1. The van der Waals surface area contributed by atoms with Crippen LogP contribution in [0.4, 0.5) is 5.69 Å². The minimum absolute atomic E-state index is 0.106. The number of rotatable bonds is 4. The van der Waals surface area contributed by atoms with Gasteiger partial charge in [0.2, 0.25) is 0 Å². The summed E-state index contributed by atoms with van der Waals surface area (Å²) in [6.07, 6.45) is 0.106. The first-order chi connectivity index (χ1) is 10.1. The molecule has 5 heteroatoms. The molecule has 0 atom stereocenters. The van der Waals surface area contributed by atoms with Gasteiger partial charge in [0.15, 0.2) is 4.34 Å². The Balaban J connectivity index is 1.87. The molecule has 0 aliphatic rings. The fourth-order valence-electron chi connectivity index (χ4n) is 1.93. The number of fused-ring (bicyclic) bond motifs is 1. The average molecular weight is 316 g/mol. The monoisotopic (exact) mass is 316 g/mol. The third kappa shape index (κ3) is 3.31. The van der Waals surface area contributed by atoms with Crippen LogP contribution in [0.25, 0.3) is 10.2 Å². The second-order valence-electron chi connectivity index (χ2n) is 4.92. The lowest BCUT2D eigenvalue weighted by atomic mass is 10.3. The molecule has 2 aromatic carbocycles. The molecule has 1 heterocycles. The zero-order chi connectivity index (χ0) is 14.8. The Labute approximate surface area is 132 Å². The fraction of sp³-hybridized carbons (Fsp3) is 0.188. The van der Waals surface area contributed by atoms with Crippen LogP contribution >= 0.6 is 23.1 Å². The Morgan fingerprint density at radius 3 is 2.76 bits per heavy atom. The molecule has 2 N–H and O–H groups in total. The third-order valence-electron chi connectivity index (χ3n) is 2.83. The Morgan fingerprint density at radius 1 is 1.19 bits per heavy atom. The number of ether oxygens (including phenoxy) is 1. The lowest BCUT2D eigenvalue weighted by molar-refractivity contribution is 0.243. The molecule has 3 aromatic rings. The van der Waals surface area contributed by atoms with Crippen LogP contribution in [-0.2, 0) is 0 Å². The summed E-state index contributed by atoms with van der Waals surface area (Å²) in [5, 5.41) is 0. The van der Waals surface area contributed by atoms with Gasteiger partial charge in [-0.05, 0) is 44.2 Å². The normalized spacial score (nSPS) is 11.2. The van der Waals surface area contributed by atoms with Gasteiger partial charge in [0.25, 0.3) is 0 Å². The van der Waals surface area contributed by atoms with Gasteiger partial charge in [-0.2, -0.15) is 0 Å². The largest absolute Gasteiger partial charge is 0.489 e. The molecule has 108 valence electrons. The van der Waals surface area contributed by atoms with Crippen LogP contribution in [0, 0.1) is 0 Å². The highest BCUT2D eigenvalue weighted by atomic mass is 32.2. The number of nitrogens with two attached hydrogens (primary N) is 1. The molecule has 0 fully saturated rings. The fourth-order valence-corrected chi connectivity index (χ4v) is 4.00. The Hall–Kier alpha value is -1.72. The summed E-state index contributed by atoms with van der Waals surface area (Å²) >= 11 is 3.33. The van der Waals surface area contributed by atoms with Gasteiger partial charge in [0.05, 0.1) is 22.0 Å². The zero-order valence-electron chi connectivity index (χ0n) is 11.9. The average Bonchev–Trinajstić information content (AvgIpc) is 2.84. The number of nitrogens with zero attached hydrogens (tertiary/aromatic N) is 1. The molecule has 0 saturated carbocycles. The van der Waals surface area contributed by atoms with Crippen molar-refractivity contribution in [1.82, 2.24) is 4.98 Å². The first kappa shape index (κ1) is 14.2. The van der Waals surface area contributed by atoms with E-state index in [2.05, 4.69) is 11.1 Å². The van der Waals surface area contributed by atoms with E-state index in [1.54, 1.807) is 23.1 Å². The maximum atomic E-state index is 5.95. The second kappa shape index (κ2) is 5.95. The van der Waals surface area contributed by atoms with Crippen LogP contribution in [0.5, 0.6) is 5.75 Å². The summed E-state index contributed by atoms with van der Waals surface area (Å²) in [6.45, 7) is 3.99. The van der Waals surface area contributed by atoms with Crippen LogP contribution < -0.4 is 10.5 Å². The van der Waals surface area contributed by atoms with Gasteiger partial charge in [-0.15, -0.1) is 11.3 Å². The summed E-state index contributed by atoms with van der Waals surface area (Å²) in [7, 11) is 0. The van der Waals surface area contributed by atoms with E-state index in [1.807, 2.05) is 50.2 Å². The van der Waals surface area contributed by atoms with Crippen LogP contribution in [0.1, 0.15) is 13.8 Å². The highest BCUT2D eigenvalue weighted by Gasteiger charge is 2.08. The van der Waals surface area contributed by atoms with Crippen molar-refractivity contribution in [2.24, 2.45) is 0 Å². The number of nitrogen functional groups attached to an aromatic ring is 1. The predicted octanol–water partition coefficient (Wildman–Crippen LogP) is 4.82. The van der Waals surface area contributed by atoms with Crippen LogP contribution in [0.15, 0.2) is 51.7 Å². The highest BCUT2D eigenvalue weighted by Crippen LogP contribution is 2.37. The summed E-state index contributed by atoms with van der Waals surface area (Å²) in [5.41, 5.74) is 7.65. The van der Waals surface area contributed by atoms with Crippen molar-refractivity contribution < 1.29 is 4.74 Å². The molecular formula is C16H16N2OS2. The van der Waals surface area contributed by atoms with Gasteiger partial charge in [-0.1, -0.05) is 23.9 Å². The van der Waals surface area contributed by atoms with Crippen molar-refractivity contribution in [3.05, 3.63) is 42.5 Å². The van der Waals surface area contributed by atoms with E-state index in [4.69, 9.17) is 10.5 Å². The van der Waals surface area contributed by atoms with Crippen molar-refractivity contribution in [2.45, 2.75) is 29.2 Å². The van der Waals surface area contributed by atoms with E-state index in [9.17, 15) is 0 Å². The smallest absolute Gasteiger partial charge is 0.155 e. The van der Waals surface area contributed by atoms with Crippen LogP contribution in [0.2, 0.25) is 0 Å². The van der Waals surface area contributed by atoms with Crippen molar-refractivity contribution in [3.8, 4) is 5.75 Å². The van der Waals surface area contributed by atoms with Gasteiger partial charge in [-0.3, -0.25) is 0 Å². The standard InChI is InChI=1S/C16H16N2OS2/c1-10(2)19-14-9-11(7-8-12(14)17)20-16-18-13-5-3-4-6-15(13)21-16/h3-10H,17H2,1-2H3. The SMILES string of the molecule is CC(C)Oc1cc(Sc2nc3ccccc3s2)ccc1N. The molecule has 0 aliphatic carbocycles. The molecule has 0 saturated heterocycles. The molecular weight excluding hydrogens is 300 g/mol. The molecule has 1 aromatic heterocycles. The molecule has 3 rings (SSSR count). The zero-order valence-corrected chi connectivity index (χ0v) is 13.5. The Kier molecular flexibility index (Phi) is 4.03. The van der Waals surface area contributed by atoms with Gasteiger partial charge in [0.1, 0.15) is 5.75 Å². The summed E-state index contributed by atoms with van der Waals surface area (Å²) in [4.78, 5) is 5.71. The van der Waals surface area contributed by atoms with E-state index in [0.29, 0.717) is 5.69 Å². The molecule has 0 aliphatic heterocycles. The third-order valence-corrected chi connectivity index (χ3v) is 4.91. The lowest BCUT2D eigenvalue weighted by Gasteiger charge is -2.12. The first-order valence-corrected chi connectivity index (χ1v) is 8.35. The van der Waals surface area contributed by atoms with Gasteiger partial charge >= 0.3 is 0 Å². The molecule has 0 radical (unpaired) electrons. The molecule has 21 heavy (non-hydrogen) atoms. The van der Waals surface area contributed by atoms with Crippen molar-refractivity contribution >= 4 is 39.0 Å². The number of thiazole rings is 1.